The number of pyridine rings is 2. The van der Waals surface area contributed by atoms with Crippen molar-refractivity contribution in [3.05, 3.63) is 41.9 Å². The van der Waals surface area contributed by atoms with Crippen LogP contribution in [0.25, 0.3) is 0 Å². The Labute approximate surface area is 116 Å². The van der Waals surface area contributed by atoms with Crippen molar-refractivity contribution in [3.8, 4) is 6.07 Å². The van der Waals surface area contributed by atoms with Crippen molar-refractivity contribution in [1.82, 2.24) is 9.97 Å². The van der Waals surface area contributed by atoms with E-state index in [2.05, 4.69) is 14.7 Å². The van der Waals surface area contributed by atoms with Gasteiger partial charge >= 0.3 is 0 Å². The van der Waals surface area contributed by atoms with Crippen LogP contribution >= 0.6 is 0 Å². The molecule has 0 aromatic carbocycles. The average Bonchev–Trinajstić information content (AvgIpc) is 2.43. The van der Waals surface area contributed by atoms with Crippen molar-refractivity contribution < 1.29 is 8.42 Å². The van der Waals surface area contributed by atoms with Crippen LogP contribution in [0.1, 0.15) is 11.3 Å². The molecule has 0 aliphatic heterocycles. The molecule has 2 aromatic heterocycles. The zero-order chi connectivity index (χ0) is 14.8. The molecular weight excluding hydrogens is 278 g/mol. The Morgan fingerprint density at radius 1 is 1.30 bits per heavy atom. The Kier molecular flexibility index (Phi) is 3.54. The second kappa shape index (κ2) is 5.14. The van der Waals surface area contributed by atoms with Gasteiger partial charge in [-0.3, -0.25) is 4.72 Å². The first-order valence-corrected chi connectivity index (χ1v) is 7.02. The number of nitrogens with one attached hydrogen (secondary N) is 1. The van der Waals surface area contributed by atoms with Gasteiger partial charge in [0.1, 0.15) is 22.5 Å². The zero-order valence-electron chi connectivity index (χ0n) is 10.5. The molecule has 0 saturated carbocycles. The minimum Gasteiger partial charge on any atom is -0.397 e. The van der Waals surface area contributed by atoms with Crippen molar-refractivity contribution in [3.63, 3.8) is 0 Å². The van der Waals surface area contributed by atoms with E-state index in [-0.39, 0.29) is 16.4 Å². The average molecular weight is 289 g/mol. The van der Waals surface area contributed by atoms with Crippen LogP contribution in [0.4, 0.5) is 11.5 Å². The van der Waals surface area contributed by atoms with Crippen molar-refractivity contribution >= 4 is 21.5 Å². The predicted molar refractivity (Wildman–Crippen MR) is 73.1 cm³/mol. The minimum absolute atomic E-state index is 0.0484. The highest BCUT2D eigenvalue weighted by molar-refractivity contribution is 7.92. The first-order chi connectivity index (χ1) is 9.42. The van der Waals surface area contributed by atoms with Crippen molar-refractivity contribution in [2.75, 3.05) is 10.5 Å². The van der Waals surface area contributed by atoms with E-state index >= 15 is 0 Å². The van der Waals surface area contributed by atoms with E-state index in [9.17, 15) is 8.42 Å². The fourth-order valence-corrected chi connectivity index (χ4v) is 2.37. The first-order valence-electron chi connectivity index (χ1n) is 5.53. The number of aryl methyl sites for hydroxylation is 1. The number of hydrogen-bond acceptors (Lipinski definition) is 6. The van der Waals surface area contributed by atoms with Crippen LogP contribution in [-0.2, 0) is 10.0 Å². The van der Waals surface area contributed by atoms with E-state index < -0.39 is 10.0 Å². The van der Waals surface area contributed by atoms with Gasteiger partial charge in [0.2, 0.25) is 0 Å². The summed E-state index contributed by atoms with van der Waals surface area (Å²) in [7, 11) is -3.79. The minimum atomic E-state index is -3.79. The predicted octanol–water partition coefficient (Wildman–Crippen LogP) is 1.04. The molecule has 0 atom stereocenters. The van der Waals surface area contributed by atoms with Gasteiger partial charge < -0.3 is 5.73 Å². The summed E-state index contributed by atoms with van der Waals surface area (Å²) in [5, 5.41) is 8.62. The molecule has 20 heavy (non-hydrogen) atoms. The Morgan fingerprint density at radius 2 is 2.05 bits per heavy atom. The number of rotatable bonds is 3. The van der Waals surface area contributed by atoms with Gasteiger partial charge in [0, 0.05) is 6.20 Å². The molecule has 2 rings (SSSR count). The van der Waals surface area contributed by atoms with Gasteiger partial charge in [-0.25, -0.2) is 18.4 Å². The lowest BCUT2D eigenvalue weighted by atomic mass is 10.2. The Hall–Kier alpha value is -2.66. The molecule has 0 unspecified atom stereocenters. The summed E-state index contributed by atoms with van der Waals surface area (Å²) >= 11 is 0. The van der Waals surface area contributed by atoms with Crippen LogP contribution < -0.4 is 10.5 Å². The largest absolute Gasteiger partial charge is 0.397 e. The summed E-state index contributed by atoms with van der Waals surface area (Å²) < 4.78 is 26.5. The SMILES string of the molecule is Cc1cc(NS(=O)(=O)c2ccc(C#N)nc2)ncc1N. The molecule has 2 heterocycles. The van der Waals surface area contributed by atoms with Gasteiger partial charge in [-0.1, -0.05) is 0 Å². The maximum atomic E-state index is 12.1. The fourth-order valence-electron chi connectivity index (χ4n) is 1.42. The van der Waals surface area contributed by atoms with Gasteiger partial charge in [-0.05, 0) is 30.7 Å². The standard InChI is InChI=1S/C12H11N5O2S/c1-8-4-12(16-7-11(8)14)17-20(18,19)10-3-2-9(5-13)15-6-10/h2-4,6-7H,14H2,1H3,(H,16,17). The van der Waals surface area contributed by atoms with E-state index in [0.717, 1.165) is 11.8 Å². The Bertz CT molecular complexity index is 778. The normalized spacial score (nSPS) is 10.8. The number of nitrogen functional groups attached to an aromatic ring is 1. The highest BCUT2D eigenvalue weighted by Crippen LogP contribution is 2.17. The molecule has 0 aliphatic rings. The second-order valence-corrected chi connectivity index (χ2v) is 5.70. The van der Waals surface area contributed by atoms with Crippen LogP contribution in [0, 0.1) is 18.3 Å². The zero-order valence-corrected chi connectivity index (χ0v) is 11.3. The highest BCUT2D eigenvalue weighted by Gasteiger charge is 2.15. The summed E-state index contributed by atoms with van der Waals surface area (Å²) in [4.78, 5) is 7.56. The summed E-state index contributed by atoms with van der Waals surface area (Å²) in [6.45, 7) is 1.75. The molecule has 0 aliphatic carbocycles. The number of nitrogens with two attached hydrogens (primary N) is 1. The van der Waals surface area contributed by atoms with Crippen LogP contribution in [-0.4, -0.2) is 18.4 Å². The van der Waals surface area contributed by atoms with Gasteiger partial charge in [-0.15, -0.1) is 0 Å². The van der Waals surface area contributed by atoms with E-state index in [1.54, 1.807) is 6.92 Å². The monoisotopic (exact) mass is 289 g/mol. The third-order valence-electron chi connectivity index (χ3n) is 2.55. The van der Waals surface area contributed by atoms with Crippen molar-refractivity contribution in [2.24, 2.45) is 0 Å². The smallest absolute Gasteiger partial charge is 0.264 e. The molecule has 7 nitrogen and oxygen atoms in total. The topological polar surface area (TPSA) is 122 Å². The second-order valence-electron chi connectivity index (χ2n) is 4.02. The molecule has 0 fully saturated rings. The number of aromatic nitrogens is 2. The maximum Gasteiger partial charge on any atom is 0.264 e. The Morgan fingerprint density at radius 3 is 2.60 bits per heavy atom. The number of nitriles is 1. The quantitative estimate of drug-likeness (QED) is 0.870. The molecule has 0 amide bonds. The van der Waals surface area contributed by atoms with E-state index in [1.807, 2.05) is 6.07 Å². The van der Waals surface area contributed by atoms with Crippen molar-refractivity contribution in [2.45, 2.75) is 11.8 Å². The number of hydrogen-bond donors (Lipinski definition) is 2. The Balaban J connectivity index is 2.30. The summed E-state index contributed by atoms with van der Waals surface area (Å²) in [6.07, 6.45) is 2.50. The molecule has 0 radical (unpaired) electrons. The molecule has 8 heteroatoms. The molecule has 0 saturated heterocycles. The fraction of sp³-hybridized carbons (Fsp3) is 0.0833. The summed E-state index contributed by atoms with van der Waals surface area (Å²) in [6, 6.07) is 5.98. The molecule has 3 N–H and O–H groups in total. The van der Waals surface area contributed by atoms with Gasteiger partial charge in [-0.2, -0.15) is 5.26 Å². The highest BCUT2D eigenvalue weighted by atomic mass is 32.2. The van der Waals surface area contributed by atoms with Crippen LogP contribution in [0.5, 0.6) is 0 Å². The molecular formula is C12H11N5O2S. The summed E-state index contributed by atoms with van der Waals surface area (Å²) in [5.41, 5.74) is 6.96. The molecule has 102 valence electrons. The van der Waals surface area contributed by atoms with E-state index in [4.69, 9.17) is 11.0 Å². The van der Waals surface area contributed by atoms with Crippen LogP contribution in [0.2, 0.25) is 0 Å². The van der Waals surface area contributed by atoms with Crippen LogP contribution in [0.15, 0.2) is 35.5 Å². The lowest BCUT2D eigenvalue weighted by Crippen LogP contribution is -2.14. The lowest BCUT2D eigenvalue weighted by molar-refractivity contribution is 0.600. The number of anilines is 2. The maximum absolute atomic E-state index is 12.1. The third kappa shape index (κ3) is 2.84. The lowest BCUT2D eigenvalue weighted by Gasteiger charge is -2.08. The molecule has 0 spiro atoms. The van der Waals surface area contributed by atoms with Gasteiger partial charge in [0.05, 0.1) is 11.9 Å². The van der Waals surface area contributed by atoms with Gasteiger partial charge in [0.25, 0.3) is 10.0 Å². The first kappa shape index (κ1) is 13.8. The van der Waals surface area contributed by atoms with E-state index in [1.165, 1.54) is 24.4 Å². The third-order valence-corrected chi connectivity index (χ3v) is 3.89. The molecule has 0 bridgehead atoms. The van der Waals surface area contributed by atoms with Crippen molar-refractivity contribution in [1.29, 1.82) is 5.26 Å². The van der Waals surface area contributed by atoms with Crippen LogP contribution in [0.3, 0.4) is 0 Å². The molecule has 2 aromatic rings. The van der Waals surface area contributed by atoms with E-state index in [0.29, 0.717) is 5.69 Å². The van der Waals surface area contributed by atoms with Gasteiger partial charge in [0.15, 0.2) is 0 Å². The number of sulfonamides is 1. The number of nitrogens with zero attached hydrogens (tertiary/aromatic N) is 3. The summed E-state index contributed by atoms with van der Waals surface area (Å²) in [5.74, 6) is 0.168.